The highest BCUT2D eigenvalue weighted by molar-refractivity contribution is 7.90. The summed E-state index contributed by atoms with van der Waals surface area (Å²) in [5.41, 5.74) is 0.492. The summed E-state index contributed by atoms with van der Waals surface area (Å²) in [6.07, 6.45) is 1.14. The maximum atomic E-state index is 11.8. The van der Waals surface area contributed by atoms with E-state index in [1.165, 1.54) is 12.1 Å². The van der Waals surface area contributed by atoms with Gasteiger partial charge in [-0.3, -0.25) is 4.79 Å². The second-order valence-corrected chi connectivity index (χ2v) is 6.26. The zero-order chi connectivity index (χ0) is 13.8. The van der Waals surface area contributed by atoms with Gasteiger partial charge in [0.2, 0.25) is 5.91 Å². The average Bonchev–Trinajstić information content (AvgIpc) is 2.28. The summed E-state index contributed by atoms with van der Waals surface area (Å²) >= 11 is 0. The molecule has 108 valence electrons. The van der Waals surface area contributed by atoms with E-state index in [0.717, 1.165) is 6.26 Å². The van der Waals surface area contributed by atoms with Gasteiger partial charge in [-0.2, -0.15) is 0 Å². The minimum absolute atomic E-state index is 0. The summed E-state index contributed by atoms with van der Waals surface area (Å²) in [5.74, 6) is -0.327. The Hall–Kier alpha value is -1.11. The van der Waals surface area contributed by atoms with Crippen molar-refractivity contribution in [3.8, 4) is 0 Å². The van der Waals surface area contributed by atoms with Gasteiger partial charge in [-0.1, -0.05) is 13.0 Å². The first kappa shape index (κ1) is 17.9. The molecule has 1 unspecified atom stereocenters. The van der Waals surface area contributed by atoms with E-state index in [4.69, 9.17) is 0 Å². The van der Waals surface area contributed by atoms with E-state index in [2.05, 4.69) is 10.6 Å². The van der Waals surface area contributed by atoms with Crippen molar-refractivity contribution in [1.29, 1.82) is 0 Å². The Morgan fingerprint density at radius 2 is 2.00 bits per heavy atom. The average molecular weight is 307 g/mol. The fourth-order valence-corrected chi connectivity index (χ4v) is 2.14. The van der Waals surface area contributed by atoms with Gasteiger partial charge in [0.1, 0.15) is 0 Å². The van der Waals surface area contributed by atoms with Crippen LogP contribution in [0.15, 0.2) is 29.2 Å². The lowest BCUT2D eigenvalue weighted by Crippen LogP contribution is -2.28. The lowest BCUT2D eigenvalue weighted by molar-refractivity contribution is -0.119. The molecule has 2 N–H and O–H groups in total. The summed E-state index contributed by atoms with van der Waals surface area (Å²) in [6.45, 7) is 2.36. The van der Waals surface area contributed by atoms with Crippen molar-refractivity contribution in [2.24, 2.45) is 5.92 Å². The molecule has 1 aromatic rings. The number of anilines is 1. The van der Waals surface area contributed by atoms with Gasteiger partial charge >= 0.3 is 0 Å². The highest BCUT2D eigenvalue weighted by Gasteiger charge is 2.13. The van der Waals surface area contributed by atoms with Gasteiger partial charge in [0.25, 0.3) is 0 Å². The van der Waals surface area contributed by atoms with Gasteiger partial charge in [-0.25, -0.2) is 8.42 Å². The standard InChI is InChI=1S/C12H18N2O3S.ClH/c1-9(8-13-2)12(15)14-10-5-4-6-11(7-10)18(3,16)17;/h4-7,9,13H,8H2,1-3H3,(H,14,15);1H. The van der Waals surface area contributed by atoms with Gasteiger partial charge < -0.3 is 10.6 Å². The molecule has 0 aliphatic rings. The Morgan fingerprint density at radius 1 is 1.37 bits per heavy atom. The number of hydrogen-bond acceptors (Lipinski definition) is 4. The third kappa shape index (κ3) is 5.59. The number of benzene rings is 1. The molecule has 1 amide bonds. The molecule has 7 heteroatoms. The lowest BCUT2D eigenvalue weighted by Gasteiger charge is -2.12. The molecule has 0 saturated heterocycles. The number of carbonyl (C=O) groups is 1. The molecule has 1 rings (SSSR count). The number of nitrogens with one attached hydrogen (secondary N) is 2. The molecule has 5 nitrogen and oxygen atoms in total. The van der Waals surface area contributed by atoms with Crippen LogP contribution in [0.5, 0.6) is 0 Å². The quantitative estimate of drug-likeness (QED) is 0.860. The van der Waals surface area contributed by atoms with Crippen LogP contribution in [-0.4, -0.2) is 34.2 Å². The molecule has 1 aromatic carbocycles. The first-order valence-corrected chi connectivity index (χ1v) is 7.49. The molecule has 0 spiro atoms. The molecule has 0 fully saturated rings. The lowest BCUT2D eigenvalue weighted by atomic mass is 10.1. The summed E-state index contributed by atoms with van der Waals surface area (Å²) in [5, 5.41) is 5.61. The fraction of sp³-hybridized carbons (Fsp3) is 0.417. The third-order valence-corrected chi connectivity index (χ3v) is 3.60. The molecule has 0 aliphatic carbocycles. The topological polar surface area (TPSA) is 75.3 Å². The minimum Gasteiger partial charge on any atom is -0.326 e. The van der Waals surface area contributed by atoms with Crippen LogP contribution in [0.3, 0.4) is 0 Å². The molecule has 0 aliphatic heterocycles. The van der Waals surface area contributed by atoms with Crippen LogP contribution in [0, 0.1) is 5.92 Å². The van der Waals surface area contributed by atoms with Gasteiger partial charge in [0.15, 0.2) is 9.84 Å². The van der Waals surface area contributed by atoms with Crippen molar-refractivity contribution < 1.29 is 13.2 Å². The molecule has 0 aromatic heterocycles. The predicted octanol–water partition coefficient (Wildman–Crippen LogP) is 1.31. The van der Waals surface area contributed by atoms with Gasteiger partial charge in [0, 0.05) is 24.4 Å². The second kappa shape index (κ2) is 7.47. The van der Waals surface area contributed by atoms with E-state index in [0.29, 0.717) is 12.2 Å². The van der Waals surface area contributed by atoms with Gasteiger partial charge in [-0.15, -0.1) is 12.4 Å². The van der Waals surface area contributed by atoms with Crippen LogP contribution in [0.1, 0.15) is 6.92 Å². The zero-order valence-electron chi connectivity index (χ0n) is 11.1. The van der Waals surface area contributed by atoms with E-state index in [-0.39, 0.29) is 29.1 Å². The summed E-state index contributed by atoms with van der Waals surface area (Å²) in [7, 11) is -1.48. The van der Waals surface area contributed by atoms with Crippen molar-refractivity contribution >= 4 is 33.8 Å². The van der Waals surface area contributed by atoms with Crippen LogP contribution < -0.4 is 10.6 Å². The van der Waals surface area contributed by atoms with Crippen LogP contribution in [0.4, 0.5) is 5.69 Å². The van der Waals surface area contributed by atoms with Crippen molar-refractivity contribution in [1.82, 2.24) is 5.32 Å². The summed E-state index contributed by atoms with van der Waals surface area (Å²) < 4.78 is 22.8. The molecule has 19 heavy (non-hydrogen) atoms. The summed E-state index contributed by atoms with van der Waals surface area (Å²) in [4.78, 5) is 12.0. The minimum atomic E-state index is -3.26. The number of hydrogen-bond donors (Lipinski definition) is 2. The van der Waals surface area contributed by atoms with Crippen molar-refractivity contribution in [2.45, 2.75) is 11.8 Å². The maximum absolute atomic E-state index is 11.8. The molecule has 1 atom stereocenters. The van der Waals surface area contributed by atoms with Crippen LogP contribution in [-0.2, 0) is 14.6 Å². The van der Waals surface area contributed by atoms with E-state index in [9.17, 15) is 13.2 Å². The first-order valence-electron chi connectivity index (χ1n) is 5.60. The smallest absolute Gasteiger partial charge is 0.228 e. The highest BCUT2D eigenvalue weighted by atomic mass is 35.5. The van der Waals surface area contributed by atoms with Gasteiger partial charge in [0.05, 0.1) is 4.90 Å². The SMILES string of the molecule is CNCC(C)C(=O)Nc1cccc(S(C)(=O)=O)c1.Cl. The van der Waals surface area contributed by atoms with Gasteiger partial charge in [-0.05, 0) is 25.2 Å². The predicted molar refractivity (Wildman–Crippen MR) is 78.5 cm³/mol. The van der Waals surface area contributed by atoms with Crippen molar-refractivity contribution in [2.75, 3.05) is 25.2 Å². The molecule has 0 bridgehead atoms. The Bertz CT molecular complexity index is 532. The Balaban J connectivity index is 0.00000324. The number of halogens is 1. The Morgan fingerprint density at radius 3 is 2.53 bits per heavy atom. The number of sulfone groups is 1. The van der Waals surface area contributed by atoms with E-state index < -0.39 is 9.84 Å². The molecular formula is C12H19ClN2O3S. The molecular weight excluding hydrogens is 288 g/mol. The van der Waals surface area contributed by atoms with Crippen LogP contribution in [0.2, 0.25) is 0 Å². The van der Waals surface area contributed by atoms with Crippen molar-refractivity contribution in [3.05, 3.63) is 24.3 Å². The summed E-state index contributed by atoms with van der Waals surface area (Å²) in [6, 6.07) is 6.23. The fourth-order valence-electron chi connectivity index (χ4n) is 1.47. The Kier molecular flexibility index (Phi) is 7.04. The third-order valence-electron chi connectivity index (χ3n) is 2.49. The van der Waals surface area contributed by atoms with Crippen LogP contribution >= 0.6 is 12.4 Å². The van der Waals surface area contributed by atoms with Crippen LogP contribution in [0.25, 0.3) is 0 Å². The van der Waals surface area contributed by atoms with E-state index in [1.54, 1.807) is 26.1 Å². The molecule has 0 radical (unpaired) electrons. The van der Waals surface area contributed by atoms with Crippen molar-refractivity contribution in [3.63, 3.8) is 0 Å². The second-order valence-electron chi connectivity index (χ2n) is 4.25. The normalized spacial score (nSPS) is 12.4. The molecule has 0 saturated carbocycles. The highest BCUT2D eigenvalue weighted by Crippen LogP contribution is 2.15. The molecule has 0 heterocycles. The monoisotopic (exact) mass is 306 g/mol. The Labute approximate surface area is 120 Å². The number of rotatable bonds is 5. The van der Waals surface area contributed by atoms with E-state index in [1.807, 2.05) is 0 Å². The first-order chi connectivity index (χ1) is 8.34. The van der Waals surface area contributed by atoms with E-state index >= 15 is 0 Å². The maximum Gasteiger partial charge on any atom is 0.228 e. The number of carbonyl (C=O) groups excluding carboxylic acids is 1. The largest absolute Gasteiger partial charge is 0.326 e. The zero-order valence-corrected chi connectivity index (χ0v) is 12.8. The number of amides is 1.